The van der Waals surface area contributed by atoms with Gasteiger partial charge in [0, 0.05) is 49.5 Å². The number of ether oxygens (including phenoxy) is 1. The molecule has 1 aliphatic heterocycles. The molecule has 1 aromatic carbocycles. The molecule has 2 aromatic heterocycles. The lowest BCUT2D eigenvalue weighted by Gasteiger charge is -2.23. The van der Waals surface area contributed by atoms with E-state index in [1.165, 1.54) is 12.1 Å². The van der Waals surface area contributed by atoms with E-state index in [0.717, 1.165) is 17.9 Å². The molecule has 2 atom stereocenters. The molecule has 0 spiro atoms. The van der Waals surface area contributed by atoms with Gasteiger partial charge in [0.25, 0.3) is 5.69 Å². The third-order valence-electron chi connectivity index (χ3n) is 5.18. The van der Waals surface area contributed by atoms with Crippen molar-refractivity contribution < 1.29 is 14.2 Å². The number of non-ortho nitro benzene ring substituents is 1. The highest BCUT2D eigenvalue weighted by Gasteiger charge is 2.38. The quantitative estimate of drug-likeness (QED) is 0.445. The van der Waals surface area contributed by atoms with Crippen molar-refractivity contribution in [1.29, 1.82) is 0 Å². The van der Waals surface area contributed by atoms with Crippen molar-refractivity contribution in [3.05, 3.63) is 57.9 Å². The first kappa shape index (κ1) is 19.9. The summed E-state index contributed by atoms with van der Waals surface area (Å²) in [6.07, 6.45) is 1.43. The van der Waals surface area contributed by atoms with Gasteiger partial charge in [-0.1, -0.05) is 12.1 Å². The molecule has 1 saturated heterocycles. The smallest absolute Gasteiger partial charge is 0.269 e. The van der Waals surface area contributed by atoms with Crippen LogP contribution < -0.4 is 4.90 Å². The highest BCUT2D eigenvalue weighted by atomic mass is 16.6. The maximum absolute atomic E-state index is 10.9. The zero-order chi connectivity index (χ0) is 21.3. The van der Waals surface area contributed by atoms with Crippen LogP contribution in [0.2, 0.25) is 0 Å². The first-order chi connectivity index (χ1) is 14.5. The molecular formula is C20H22N6O4. The average molecular weight is 410 g/mol. The van der Waals surface area contributed by atoms with Gasteiger partial charge in [-0.15, -0.1) is 0 Å². The molecule has 3 heterocycles. The molecule has 0 aliphatic carbocycles. The molecule has 0 N–H and O–H groups in total. The number of anilines is 1. The zero-order valence-electron chi connectivity index (χ0n) is 17.0. The first-order valence-electron chi connectivity index (χ1n) is 9.71. The third-order valence-corrected chi connectivity index (χ3v) is 5.18. The standard InChI is InChI=1S/C20H22N6O4/c1-4-14-9-18(23-19(22-14)13-5-7-15(8-6-13)26(27)28)25-11-16(29-3)10-17(25)20-21-12(2)24-30-20/h5-9,16-17H,4,10-11H2,1-3H3. The summed E-state index contributed by atoms with van der Waals surface area (Å²) in [4.78, 5) is 26.4. The fourth-order valence-corrected chi connectivity index (χ4v) is 3.58. The van der Waals surface area contributed by atoms with Crippen LogP contribution in [0.1, 0.15) is 36.8 Å². The van der Waals surface area contributed by atoms with E-state index in [4.69, 9.17) is 14.2 Å². The number of hydrogen-bond acceptors (Lipinski definition) is 9. The predicted molar refractivity (Wildman–Crippen MR) is 108 cm³/mol. The van der Waals surface area contributed by atoms with Gasteiger partial charge in [-0.3, -0.25) is 10.1 Å². The Kier molecular flexibility index (Phi) is 5.40. The van der Waals surface area contributed by atoms with Gasteiger partial charge >= 0.3 is 0 Å². The van der Waals surface area contributed by atoms with E-state index in [1.54, 1.807) is 26.2 Å². The highest BCUT2D eigenvalue weighted by molar-refractivity contribution is 5.60. The predicted octanol–water partition coefficient (Wildman–Crippen LogP) is 3.27. The lowest BCUT2D eigenvalue weighted by Crippen LogP contribution is -2.26. The van der Waals surface area contributed by atoms with Crippen molar-refractivity contribution in [3.8, 4) is 11.4 Å². The minimum Gasteiger partial charge on any atom is -0.380 e. The van der Waals surface area contributed by atoms with E-state index in [-0.39, 0.29) is 17.8 Å². The molecule has 0 amide bonds. The second-order valence-electron chi connectivity index (χ2n) is 7.14. The fraction of sp³-hybridized carbons (Fsp3) is 0.400. The minimum atomic E-state index is -0.426. The number of benzene rings is 1. The molecule has 30 heavy (non-hydrogen) atoms. The van der Waals surface area contributed by atoms with Crippen LogP contribution in [0, 0.1) is 17.0 Å². The Labute approximate surface area is 173 Å². The second-order valence-corrected chi connectivity index (χ2v) is 7.14. The monoisotopic (exact) mass is 410 g/mol. The maximum atomic E-state index is 10.9. The molecule has 3 aromatic rings. The van der Waals surface area contributed by atoms with E-state index >= 15 is 0 Å². The molecular weight excluding hydrogens is 388 g/mol. The Morgan fingerprint density at radius 1 is 1.27 bits per heavy atom. The Balaban J connectivity index is 1.73. The summed E-state index contributed by atoms with van der Waals surface area (Å²) in [5.74, 6) is 2.35. The average Bonchev–Trinajstić information content (AvgIpc) is 3.39. The fourth-order valence-electron chi connectivity index (χ4n) is 3.58. The van der Waals surface area contributed by atoms with Gasteiger partial charge in [-0.2, -0.15) is 4.98 Å². The Morgan fingerprint density at radius 2 is 2.03 bits per heavy atom. The van der Waals surface area contributed by atoms with E-state index in [2.05, 4.69) is 20.0 Å². The topological polar surface area (TPSA) is 120 Å². The lowest BCUT2D eigenvalue weighted by molar-refractivity contribution is -0.384. The van der Waals surface area contributed by atoms with E-state index < -0.39 is 4.92 Å². The van der Waals surface area contributed by atoms with Crippen molar-refractivity contribution in [1.82, 2.24) is 20.1 Å². The molecule has 10 heteroatoms. The second kappa shape index (κ2) is 8.15. The summed E-state index contributed by atoms with van der Waals surface area (Å²) in [5, 5.41) is 14.9. The van der Waals surface area contributed by atoms with Gasteiger partial charge < -0.3 is 14.2 Å². The minimum absolute atomic E-state index is 0.00470. The Bertz CT molecular complexity index is 1050. The van der Waals surface area contributed by atoms with E-state index in [9.17, 15) is 10.1 Å². The number of aromatic nitrogens is 4. The van der Waals surface area contributed by atoms with Crippen LogP contribution in [0.4, 0.5) is 11.5 Å². The van der Waals surface area contributed by atoms with Crippen molar-refractivity contribution in [3.63, 3.8) is 0 Å². The van der Waals surface area contributed by atoms with Gasteiger partial charge in [0.15, 0.2) is 11.6 Å². The van der Waals surface area contributed by atoms with Crippen LogP contribution in [0.15, 0.2) is 34.9 Å². The van der Waals surface area contributed by atoms with Crippen LogP contribution in [0.5, 0.6) is 0 Å². The van der Waals surface area contributed by atoms with Gasteiger partial charge in [0.05, 0.1) is 11.0 Å². The molecule has 4 rings (SSSR count). The number of nitro groups is 1. The number of hydrogen-bond donors (Lipinski definition) is 0. The van der Waals surface area contributed by atoms with Gasteiger partial charge in [0.1, 0.15) is 11.9 Å². The molecule has 156 valence electrons. The SMILES string of the molecule is CCc1cc(N2CC(OC)CC2c2nc(C)no2)nc(-c2ccc([N+](=O)[O-])cc2)n1. The van der Waals surface area contributed by atoms with Gasteiger partial charge in [-0.05, 0) is 25.5 Å². The number of nitrogens with zero attached hydrogens (tertiary/aromatic N) is 6. The van der Waals surface area contributed by atoms with Crippen LogP contribution in [-0.4, -0.2) is 44.8 Å². The van der Waals surface area contributed by atoms with Gasteiger partial charge in [0.2, 0.25) is 5.89 Å². The molecule has 10 nitrogen and oxygen atoms in total. The summed E-state index contributed by atoms with van der Waals surface area (Å²) >= 11 is 0. The molecule has 2 unspecified atom stereocenters. The van der Waals surface area contributed by atoms with Crippen LogP contribution in [0.25, 0.3) is 11.4 Å². The molecule has 0 saturated carbocycles. The number of nitro benzene ring substituents is 1. The molecule has 0 radical (unpaired) electrons. The highest BCUT2D eigenvalue weighted by Crippen LogP contribution is 2.36. The van der Waals surface area contributed by atoms with E-state index in [0.29, 0.717) is 36.1 Å². The largest absolute Gasteiger partial charge is 0.380 e. The van der Waals surface area contributed by atoms with Crippen LogP contribution >= 0.6 is 0 Å². The summed E-state index contributed by atoms with van der Waals surface area (Å²) in [5.41, 5.74) is 1.61. The maximum Gasteiger partial charge on any atom is 0.269 e. The lowest BCUT2D eigenvalue weighted by atomic mass is 10.1. The molecule has 0 bridgehead atoms. The summed E-state index contributed by atoms with van der Waals surface area (Å²) in [7, 11) is 1.68. The third kappa shape index (κ3) is 3.86. The zero-order valence-corrected chi connectivity index (χ0v) is 17.0. The summed E-state index contributed by atoms with van der Waals surface area (Å²) in [6, 6.07) is 8.04. The number of aryl methyl sites for hydroxylation is 2. The first-order valence-corrected chi connectivity index (χ1v) is 9.71. The molecule has 1 fully saturated rings. The van der Waals surface area contributed by atoms with Crippen LogP contribution in [-0.2, 0) is 11.2 Å². The summed E-state index contributed by atoms with van der Waals surface area (Å²) in [6.45, 7) is 4.43. The summed E-state index contributed by atoms with van der Waals surface area (Å²) < 4.78 is 11.0. The normalized spacial score (nSPS) is 18.7. The number of methoxy groups -OCH3 is 1. The van der Waals surface area contributed by atoms with Crippen LogP contribution in [0.3, 0.4) is 0 Å². The van der Waals surface area contributed by atoms with Crippen molar-refractivity contribution in [2.75, 3.05) is 18.6 Å². The van der Waals surface area contributed by atoms with Crippen molar-refractivity contribution >= 4 is 11.5 Å². The molecule has 1 aliphatic rings. The Hall–Kier alpha value is -3.40. The van der Waals surface area contributed by atoms with Crippen molar-refractivity contribution in [2.24, 2.45) is 0 Å². The number of rotatable bonds is 6. The van der Waals surface area contributed by atoms with Gasteiger partial charge in [-0.25, -0.2) is 9.97 Å². The van der Waals surface area contributed by atoms with E-state index in [1.807, 2.05) is 13.0 Å². The van der Waals surface area contributed by atoms with Crippen molar-refractivity contribution in [2.45, 2.75) is 38.8 Å². The Morgan fingerprint density at radius 3 is 2.63 bits per heavy atom.